The molecule has 29 heavy (non-hydrogen) atoms. The van der Waals surface area contributed by atoms with E-state index in [1.165, 1.54) is 4.90 Å². The molecule has 1 aliphatic rings. The number of para-hydroxylation sites is 2. The van der Waals surface area contributed by atoms with E-state index in [1.807, 2.05) is 18.2 Å². The lowest BCUT2D eigenvalue weighted by Gasteiger charge is -2.34. The number of ketones is 1. The fourth-order valence-electron chi connectivity index (χ4n) is 3.99. The zero-order valence-electron chi connectivity index (χ0n) is 17.6. The van der Waals surface area contributed by atoms with Crippen LogP contribution in [0.2, 0.25) is 0 Å². The number of rotatable bonds is 7. The van der Waals surface area contributed by atoms with Crippen molar-refractivity contribution in [2.45, 2.75) is 20.8 Å². The minimum atomic E-state index is -0.379. The summed E-state index contributed by atoms with van der Waals surface area (Å²) < 4.78 is 10.6. The second-order valence-electron chi connectivity index (χ2n) is 7.35. The van der Waals surface area contributed by atoms with Crippen LogP contribution in [0.1, 0.15) is 39.0 Å². The molecule has 0 bridgehead atoms. The third-order valence-corrected chi connectivity index (χ3v) is 5.50. The number of quaternary nitrogens is 1. The number of anilines is 1. The largest absolute Gasteiger partial charge is 0.495 e. The Balaban J connectivity index is 1.63. The summed E-state index contributed by atoms with van der Waals surface area (Å²) in [6, 6.07) is 8.01. The summed E-state index contributed by atoms with van der Waals surface area (Å²) in [6.45, 7) is 9.55. The molecule has 7 nitrogen and oxygen atoms in total. The Hall–Kier alpha value is -2.80. The molecule has 2 heterocycles. The zero-order chi connectivity index (χ0) is 21.0. The molecule has 3 rings (SSSR count). The van der Waals surface area contributed by atoms with Crippen molar-refractivity contribution >= 4 is 17.4 Å². The molecule has 2 N–H and O–H groups in total. The number of nitrogens with zero attached hydrogens (tertiary/aromatic N) is 1. The van der Waals surface area contributed by atoms with Crippen molar-refractivity contribution in [1.29, 1.82) is 0 Å². The molecule has 2 aromatic rings. The standard InChI is InChI=1S/C22H29N3O4/c1-5-29-22(27)20-15(2)21(23-16(20)3)18(26)14-24-10-12-25(13-11-24)17-8-6-7-9-19(17)28-4/h6-9,23H,5,10-14H2,1-4H3/p+1. The van der Waals surface area contributed by atoms with E-state index in [0.717, 1.165) is 37.6 Å². The molecule has 0 saturated carbocycles. The van der Waals surface area contributed by atoms with Gasteiger partial charge in [0.1, 0.15) is 12.3 Å². The summed E-state index contributed by atoms with van der Waals surface area (Å²) in [5, 5.41) is 0. The minimum absolute atomic E-state index is 0.0295. The van der Waals surface area contributed by atoms with E-state index in [4.69, 9.17) is 9.47 Å². The van der Waals surface area contributed by atoms with Gasteiger partial charge < -0.3 is 24.3 Å². The topological polar surface area (TPSA) is 76.1 Å². The highest BCUT2D eigenvalue weighted by molar-refractivity contribution is 6.01. The number of aryl methyl sites for hydroxylation is 1. The number of Topliss-reactive ketones (excluding diaryl/α,β-unsaturated/α-hetero) is 1. The lowest BCUT2D eigenvalue weighted by atomic mass is 10.1. The second-order valence-corrected chi connectivity index (χ2v) is 7.35. The van der Waals surface area contributed by atoms with Crippen molar-refractivity contribution < 1.29 is 24.0 Å². The Labute approximate surface area is 171 Å². The number of aromatic nitrogens is 1. The third kappa shape index (κ3) is 4.45. The van der Waals surface area contributed by atoms with Crippen molar-refractivity contribution in [2.75, 3.05) is 51.3 Å². The third-order valence-electron chi connectivity index (χ3n) is 5.50. The average Bonchev–Trinajstić information content (AvgIpc) is 3.03. The van der Waals surface area contributed by atoms with Crippen LogP contribution in [0.3, 0.4) is 0 Å². The first kappa shape index (κ1) is 20.9. The van der Waals surface area contributed by atoms with Gasteiger partial charge in [0.15, 0.2) is 0 Å². The van der Waals surface area contributed by atoms with E-state index in [-0.39, 0.29) is 11.8 Å². The highest BCUT2D eigenvalue weighted by Gasteiger charge is 2.28. The van der Waals surface area contributed by atoms with Crippen LogP contribution in [-0.2, 0) is 4.74 Å². The number of aromatic amines is 1. The summed E-state index contributed by atoms with van der Waals surface area (Å²) in [4.78, 5) is 31.7. The fourth-order valence-corrected chi connectivity index (χ4v) is 3.99. The van der Waals surface area contributed by atoms with Crippen LogP contribution in [0.5, 0.6) is 5.75 Å². The first-order valence-corrected chi connectivity index (χ1v) is 10.1. The molecule has 0 radical (unpaired) electrons. The van der Waals surface area contributed by atoms with Crippen LogP contribution in [0.25, 0.3) is 0 Å². The number of H-pyrrole nitrogens is 1. The van der Waals surface area contributed by atoms with Gasteiger partial charge in [-0.1, -0.05) is 12.1 Å². The molecule has 0 atom stereocenters. The monoisotopic (exact) mass is 400 g/mol. The van der Waals surface area contributed by atoms with Crippen LogP contribution in [0.4, 0.5) is 5.69 Å². The Kier molecular flexibility index (Phi) is 6.59. The van der Waals surface area contributed by atoms with E-state index in [2.05, 4.69) is 16.0 Å². The molecule has 0 amide bonds. The Morgan fingerprint density at radius 2 is 1.86 bits per heavy atom. The van der Waals surface area contributed by atoms with Gasteiger partial charge >= 0.3 is 5.97 Å². The van der Waals surface area contributed by atoms with Crippen LogP contribution >= 0.6 is 0 Å². The van der Waals surface area contributed by atoms with E-state index in [0.29, 0.717) is 35.7 Å². The molecule has 1 aromatic carbocycles. The van der Waals surface area contributed by atoms with Crippen molar-refractivity contribution in [2.24, 2.45) is 0 Å². The molecule has 7 heteroatoms. The fraction of sp³-hybridized carbons (Fsp3) is 0.455. The smallest absolute Gasteiger partial charge is 0.340 e. The van der Waals surface area contributed by atoms with Gasteiger partial charge in [-0.3, -0.25) is 4.79 Å². The first-order valence-electron chi connectivity index (χ1n) is 10.1. The predicted molar refractivity (Wildman–Crippen MR) is 111 cm³/mol. The number of hydrogen-bond acceptors (Lipinski definition) is 5. The van der Waals surface area contributed by atoms with Gasteiger partial charge in [-0.05, 0) is 38.5 Å². The van der Waals surface area contributed by atoms with E-state index in [9.17, 15) is 9.59 Å². The zero-order valence-corrected chi connectivity index (χ0v) is 17.6. The van der Waals surface area contributed by atoms with Crippen LogP contribution in [0.15, 0.2) is 24.3 Å². The van der Waals surface area contributed by atoms with Gasteiger partial charge in [0.2, 0.25) is 5.78 Å². The van der Waals surface area contributed by atoms with Gasteiger partial charge in [0.05, 0.1) is 56.8 Å². The van der Waals surface area contributed by atoms with Gasteiger partial charge in [0, 0.05) is 5.69 Å². The Bertz CT molecular complexity index is 882. The van der Waals surface area contributed by atoms with Crippen molar-refractivity contribution in [3.8, 4) is 5.75 Å². The Morgan fingerprint density at radius 3 is 2.52 bits per heavy atom. The average molecular weight is 400 g/mol. The van der Waals surface area contributed by atoms with Gasteiger partial charge in [-0.25, -0.2) is 4.79 Å². The lowest BCUT2D eigenvalue weighted by molar-refractivity contribution is -0.892. The molecule has 1 fully saturated rings. The van der Waals surface area contributed by atoms with Crippen molar-refractivity contribution in [1.82, 2.24) is 4.98 Å². The normalized spacial score (nSPS) is 14.7. The summed E-state index contributed by atoms with van der Waals surface area (Å²) >= 11 is 0. The number of hydrogen-bond donors (Lipinski definition) is 2. The van der Waals surface area contributed by atoms with E-state index < -0.39 is 0 Å². The minimum Gasteiger partial charge on any atom is -0.495 e. The molecule has 0 aliphatic carbocycles. The number of piperazine rings is 1. The van der Waals surface area contributed by atoms with Crippen molar-refractivity contribution in [3.63, 3.8) is 0 Å². The molecular weight excluding hydrogens is 370 g/mol. The van der Waals surface area contributed by atoms with E-state index >= 15 is 0 Å². The van der Waals surface area contributed by atoms with Gasteiger partial charge in [0.25, 0.3) is 0 Å². The molecule has 1 aliphatic heterocycles. The highest BCUT2D eigenvalue weighted by Crippen LogP contribution is 2.27. The molecule has 0 unspecified atom stereocenters. The van der Waals surface area contributed by atoms with Gasteiger partial charge in [-0.2, -0.15) is 0 Å². The number of carbonyl (C=O) groups excluding carboxylic acids is 2. The quantitative estimate of drug-likeness (QED) is 0.543. The number of carbonyl (C=O) groups is 2. The maximum absolute atomic E-state index is 12.9. The van der Waals surface area contributed by atoms with Gasteiger partial charge in [-0.15, -0.1) is 0 Å². The molecule has 156 valence electrons. The number of methoxy groups -OCH3 is 1. The lowest BCUT2D eigenvalue weighted by Crippen LogP contribution is -3.15. The highest BCUT2D eigenvalue weighted by atomic mass is 16.5. The van der Waals surface area contributed by atoms with E-state index in [1.54, 1.807) is 27.9 Å². The maximum atomic E-state index is 12.9. The summed E-state index contributed by atoms with van der Waals surface area (Å²) in [6.07, 6.45) is 0. The number of esters is 1. The molecule has 0 spiro atoms. The summed E-state index contributed by atoms with van der Waals surface area (Å²) in [7, 11) is 1.68. The molecular formula is C22H30N3O4+. The van der Waals surface area contributed by atoms with Crippen molar-refractivity contribution in [3.05, 3.63) is 46.8 Å². The van der Waals surface area contributed by atoms with Crippen LogP contribution in [-0.4, -0.2) is 63.2 Å². The number of ether oxygens (including phenoxy) is 2. The van der Waals surface area contributed by atoms with Crippen LogP contribution in [0, 0.1) is 13.8 Å². The second kappa shape index (κ2) is 9.13. The maximum Gasteiger partial charge on any atom is 0.340 e. The summed E-state index contributed by atoms with van der Waals surface area (Å²) in [5.41, 5.74) is 3.45. The number of benzene rings is 1. The first-order chi connectivity index (χ1) is 14.0. The van der Waals surface area contributed by atoms with Crippen LogP contribution < -0.4 is 14.5 Å². The molecule has 1 aromatic heterocycles. The summed E-state index contributed by atoms with van der Waals surface area (Å²) in [5.74, 6) is 0.522. The Morgan fingerprint density at radius 1 is 1.17 bits per heavy atom. The molecule has 1 saturated heterocycles. The SMILES string of the molecule is CCOC(=O)c1c(C)[nH]c(C(=O)C[NH+]2CCN(c3ccccc3OC)CC2)c1C. The number of nitrogens with one attached hydrogen (secondary N) is 2. The predicted octanol–water partition coefficient (Wildman–Crippen LogP) is 1.40.